The largest absolute Gasteiger partial charge is 0.481 e. The van der Waals surface area contributed by atoms with Crippen LogP contribution in [-0.4, -0.2) is 31.8 Å². The van der Waals surface area contributed by atoms with E-state index in [0.29, 0.717) is 31.1 Å². The summed E-state index contributed by atoms with van der Waals surface area (Å²) in [5.41, 5.74) is -0.919. The summed E-state index contributed by atoms with van der Waals surface area (Å²) in [6.45, 7) is 6.07. The predicted molar refractivity (Wildman–Crippen MR) is 78.9 cm³/mol. The van der Waals surface area contributed by atoms with Crippen LogP contribution in [0.25, 0.3) is 0 Å². The van der Waals surface area contributed by atoms with Crippen LogP contribution >= 0.6 is 0 Å². The van der Waals surface area contributed by atoms with Crippen molar-refractivity contribution < 1.29 is 18.3 Å². The van der Waals surface area contributed by atoms with E-state index in [0.717, 1.165) is 12.8 Å². The second-order valence-electron chi connectivity index (χ2n) is 6.59. The van der Waals surface area contributed by atoms with Gasteiger partial charge in [-0.1, -0.05) is 20.8 Å². The number of carboxylic acids is 1. The smallest absolute Gasteiger partial charge is 0.310 e. The van der Waals surface area contributed by atoms with Crippen molar-refractivity contribution in [3.05, 3.63) is 0 Å². The number of aliphatic carboxylic acids is 1. The highest BCUT2D eigenvalue weighted by Crippen LogP contribution is 2.38. The fourth-order valence-electron chi connectivity index (χ4n) is 2.49. The Labute approximate surface area is 122 Å². The van der Waals surface area contributed by atoms with Crippen molar-refractivity contribution >= 4 is 16.0 Å². The maximum Gasteiger partial charge on any atom is 0.310 e. The zero-order chi connectivity index (χ0) is 15.4. The third-order valence-electron chi connectivity index (χ3n) is 4.28. The number of hydrogen-bond acceptors (Lipinski definition) is 3. The van der Waals surface area contributed by atoms with E-state index in [1.807, 2.05) is 13.8 Å². The highest BCUT2D eigenvalue weighted by atomic mass is 32.2. The van der Waals surface area contributed by atoms with Crippen molar-refractivity contribution in [3.63, 3.8) is 0 Å². The lowest BCUT2D eigenvalue weighted by atomic mass is 9.71. The molecule has 0 aromatic carbocycles. The van der Waals surface area contributed by atoms with Gasteiger partial charge in [0.25, 0.3) is 0 Å². The van der Waals surface area contributed by atoms with E-state index >= 15 is 0 Å². The molecule has 118 valence electrons. The molecule has 6 heteroatoms. The number of hydrogen-bond donors (Lipinski definition) is 2. The van der Waals surface area contributed by atoms with Crippen molar-refractivity contribution in [2.24, 2.45) is 17.3 Å². The zero-order valence-electron chi connectivity index (χ0n) is 12.7. The lowest BCUT2D eigenvalue weighted by Crippen LogP contribution is -2.45. The summed E-state index contributed by atoms with van der Waals surface area (Å²) >= 11 is 0. The average Bonchev–Trinajstić information content (AvgIpc) is 2.36. The van der Waals surface area contributed by atoms with Gasteiger partial charge in [-0.25, -0.2) is 13.1 Å². The zero-order valence-corrected chi connectivity index (χ0v) is 13.5. The Morgan fingerprint density at radius 2 is 1.90 bits per heavy atom. The summed E-state index contributed by atoms with van der Waals surface area (Å²) in [5.74, 6) is 0.0306. The van der Waals surface area contributed by atoms with Crippen LogP contribution in [0.15, 0.2) is 0 Å². The monoisotopic (exact) mass is 305 g/mol. The number of rotatable bonds is 7. The number of nitrogens with one attached hydrogen (secondary N) is 1. The van der Waals surface area contributed by atoms with Crippen LogP contribution in [0.3, 0.4) is 0 Å². The van der Waals surface area contributed by atoms with Crippen molar-refractivity contribution in [1.29, 1.82) is 0 Å². The Balaban J connectivity index is 2.62. The van der Waals surface area contributed by atoms with E-state index in [4.69, 9.17) is 0 Å². The maximum absolute atomic E-state index is 11.9. The van der Waals surface area contributed by atoms with Crippen LogP contribution in [-0.2, 0) is 14.8 Å². The summed E-state index contributed by atoms with van der Waals surface area (Å²) in [5, 5.41) is 9.46. The van der Waals surface area contributed by atoms with E-state index in [-0.39, 0.29) is 12.3 Å². The topological polar surface area (TPSA) is 83.5 Å². The van der Waals surface area contributed by atoms with Crippen molar-refractivity contribution in [1.82, 2.24) is 4.72 Å². The molecule has 0 saturated heterocycles. The molecule has 1 aliphatic rings. The molecule has 0 radical (unpaired) electrons. The maximum atomic E-state index is 11.9. The molecule has 0 aromatic rings. The van der Waals surface area contributed by atoms with Gasteiger partial charge < -0.3 is 5.11 Å². The van der Waals surface area contributed by atoms with Crippen molar-refractivity contribution in [3.8, 4) is 0 Å². The summed E-state index contributed by atoms with van der Waals surface area (Å²) in [7, 11) is -3.37. The van der Waals surface area contributed by atoms with Crippen molar-refractivity contribution in [2.75, 3.05) is 12.3 Å². The first-order valence-corrected chi connectivity index (χ1v) is 9.03. The molecule has 2 N–H and O–H groups in total. The Kier molecular flexibility index (Phi) is 6.01. The first kappa shape index (κ1) is 17.4. The van der Waals surface area contributed by atoms with E-state index in [1.165, 1.54) is 0 Å². The Morgan fingerprint density at radius 3 is 2.35 bits per heavy atom. The number of carboxylic acid groups (broad SMARTS) is 1. The quantitative estimate of drug-likeness (QED) is 0.755. The van der Waals surface area contributed by atoms with Gasteiger partial charge in [-0.15, -0.1) is 0 Å². The van der Waals surface area contributed by atoms with Crippen LogP contribution in [0.4, 0.5) is 0 Å². The fraction of sp³-hybridized carbons (Fsp3) is 0.929. The van der Waals surface area contributed by atoms with Crippen molar-refractivity contribution in [2.45, 2.75) is 52.9 Å². The molecular weight excluding hydrogens is 278 g/mol. The Bertz CT molecular complexity index is 422. The van der Waals surface area contributed by atoms with Crippen LogP contribution in [0.1, 0.15) is 52.9 Å². The minimum absolute atomic E-state index is 0.0233. The van der Waals surface area contributed by atoms with Gasteiger partial charge in [0.1, 0.15) is 0 Å². The molecule has 0 spiro atoms. The van der Waals surface area contributed by atoms with E-state index < -0.39 is 21.4 Å². The lowest BCUT2D eigenvalue weighted by molar-refractivity contribution is -0.151. The van der Waals surface area contributed by atoms with Gasteiger partial charge in [0, 0.05) is 6.54 Å². The molecule has 1 fully saturated rings. The molecule has 1 rings (SSSR count). The predicted octanol–water partition coefficient (Wildman–Crippen LogP) is 2.23. The van der Waals surface area contributed by atoms with Gasteiger partial charge in [0.15, 0.2) is 0 Å². The molecule has 1 aliphatic carbocycles. The molecular formula is C14H27NO4S. The van der Waals surface area contributed by atoms with Gasteiger partial charge >= 0.3 is 5.97 Å². The molecule has 0 unspecified atom stereocenters. The summed E-state index contributed by atoms with van der Waals surface area (Å²) in [6, 6.07) is 0. The van der Waals surface area contributed by atoms with E-state index in [1.54, 1.807) is 0 Å². The molecule has 20 heavy (non-hydrogen) atoms. The molecule has 0 heterocycles. The lowest BCUT2D eigenvalue weighted by Gasteiger charge is -2.35. The minimum Gasteiger partial charge on any atom is -0.481 e. The van der Waals surface area contributed by atoms with E-state index in [9.17, 15) is 18.3 Å². The van der Waals surface area contributed by atoms with E-state index in [2.05, 4.69) is 11.6 Å². The summed E-state index contributed by atoms with van der Waals surface area (Å²) < 4.78 is 26.3. The third kappa shape index (κ3) is 5.05. The normalized spacial score (nSPS) is 27.7. The highest BCUT2D eigenvalue weighted by molar-refractivity contribution is 7.89. The minimum atomic E-state index is -3.37. The third-order valence-corrected chi connectivity index (χ3v) is 5.64. The van der Waals surface area contributed by atoms with Gasteiger partial charge in [0.05, 0.1) is 11.2 Å². The van der Waals surface area contributed by atoms with Gasteiger partial charge in [-0.05, 0) is 43.9 Å². The average molecular weight is 305 g/mol. The van der Waals surface area contributed by atoms with Crippen LogP contribution in [0.2, 0.25) is 0 Å². The van der Waals surface area contributed by atoms with Gasteiger partial charge in [-0.3, -0.25) is 4.79 Å². The fourth-order valence-corrected chi connectivity index (χ4v) is 3.91. The van der Waals surface area contributed by atoms with Gasteiger partial charge in [0.2, 0.25) is 10.0 Å². The highest BCUT2D eigenvalue weighted by Gasteiger charge is 2.41. The molecule has 0 bridgehead atoms. The number of carbonyl (C=O) groups is 1. The second-order valence-corrected chi connectivity index (χ2v) is 8.52. The first-order valence-electron chi connectivity index (χ1n) is 7.37. The molecule has 5 nitrogen and oxygen atoms in total. The summed E-state index contributed by atoms with van der Waals surface area (Å²) in [4.78, 5) is 11.5. The first-order chi connectivity index (χ1) is 9.17. The van der Waals surface area contributed by atoms with Crippen LogP contribution in [0, 0.1) is 17.3 Å². The number of sulfonamides is 1. The standard InChI is InChI=1S/C14H27NO4S/c1-11(2)6-9-20(18,19)15-10-14(13(16)17)7-4-12(3)5-8-14/h11-12,15H,4-10H2,1-3H3,(H,16,17). The molecule has 0 amide bonds. The SMILES string of the molecule is CC(C)CCS(=O)(=O)NCC1(C(=O)O)CCC(C)CC1. The Morgan fingerprint density at radius 1 is 1.35 bits per heavy atom. The molecule has 0 aromatic heterocycles. The molecule has 0 aliphatic heterocycles. The second kappa shape index (κ2) is 6.89. The van der Waals surface area contributed by atoms with Crippen LogP contribution < -0.4 is 4.72 Å². The molecule has 1 saturated carbocycles. The summed E-state index contributed by atoms with van der Waals surface area (Å²) in [6.07, 6.45) is 3.39. The molecule has 0 atom stereocenters. The Hall–Kier alpha value is -0.620. The van der Waals surface area contributed by atoms with Gasteiger partial charge in [-0.2, -0.15) is 0 Å². The van der Waals surface area contributed by atoms with Crippen LogP contribution in [0.5, 0.6) is 0 Å².